The second-order valence-corrected chi connectivity index (χ2v) is 7.90. The van der Waals surface area contributed by atoms with E-state index in [1.807, 2.05) is 37.4 Å². The van der Waals surface area contributed by atoms with Crippen LogP contribution in [0.15, 0.2) is 54.7 Å². The molecule has 0 radical (unpaired) electrons. The van der Waals surface area contributed by atoms with Crippen molar-refractivity contribution in [2.45, 2.75) is 26.3 Å². The summed E-state index contributed by atoms with van der Waals surface area (Å²) in [5, 5.41) is 4.91. The number of nitrogens with one attached hydrogen (secondary N) is 2. The Morgan fingerprint density at radius 3 is 2.79 bits per heavy atom. The molecule has 4 nitrogen and oxygen atoms in total. The highest BCUT2D eigenvalue weighted by Gasteiger charge is 2.12. The topological polar surface area (TPSA) is 57.8 Å². The summed E-state index contributed by atoms with van der Waals surface area (Å²) in [6.07, 6.45) is 2.93. The number of rotatable bonds is 6. The lowest BCUT2D eigenvalue weighted by Gasteiger charge is -2.02. The van der Waals surface area contributed by atoms with Crippen LogP contribution >= 0.6 is 11.3 Å². The number of para-hydroxylation sites is 1. The molecule has 0 aliphatic carbocycles. The van der Waals surface area contributed by atoms with Crippen molar-refractivity contribution >= 4 is 28.1 Å². The zero-order valence-corrected chi connectivity index (χ0v) is 16.3. The van der Waals surface area contributed by atoms with Gasteiger partial charge in [0.1, 0.15) is 10.8 Å². The molecule has 28 heavy (non-hydrogen) atoms. The second-order valence-electron chi connectivity index (χ2n) is 6.73. The quantitative estimate of drug-likeness (QED) is 0.506. The van der Waals surface area contributed by atoms with Crippen LogP contribution in [0, 0.1) is 12.7 Å². The second kappa shape index (κ2) is 7.94. The van der Waals surface area contributed by atoms with Crippen LogP contribution in [0.5, 0.6) is 0 Å². The zero-order chi connectivity index (χ0) is 19.5. The van der Waals surface area contributed by atoms with Crippen LogP contribution in [0.3, 0.4) is 0 Å². The smallest absolute Gasteiger partial charge is 0.224 e. The van der Waals surface area contributed by atoms with E-state index >= 15 is 0 Å². The van der Waals surface area contributed by atoms with Crippen LogP contribution in [0.2, 0.25) is 0 Å². The van der Waals surface area contributed by atoms with Gasteiger partial charge in [-0.05, 0) is 36.2 Å². The molecule has 2 aromatic heterocycles. The molecule has 2 N–H and O–H groups in total. The zero-order valence-electron chi connectivity index (χ0n) is 15.5. The summed E-state index contributed by atoms with van der Waals surface area (Å²) in [5.41, 5.74) is 4.02. The van der Waals surface area contributed by atoms with E-state index < -0.39 is 0 Å². The summed E-state index contributed by atoms with van der Waals surface area (Å²) < 4.78 is 13.1. The number of amides is 1. The molecule has 0 unspecified atom stereocenters. The number of aryl methyl sites for hydroxylation is 1. The highest BCUT2D eigenvalue weighted by atomic mass is 32.1. The molecule has 2 aromatic carbocycles. The number of aromatic nitrogens is 2. The Morgan fingerprint density at radius 1 is 1.18 bits per heavy atom. The summed E-state index contributed by atoms with van der Waals surface area (Å²) in [6.45, 7) is 2.38. The van der Waals surface area contributed by atoms with Crippen molar-refractivity contribution < 1.29 is 9.18 Å². The number of halogens is 1. The Labute approximate surface area is 166 Å². The standard InChI is InChI=1S/C22H20FN3OS/c1-14-20(10-15-6-8-17(23)9-7-15)28-22(26-14)13-25-21(27)11-16-12-24-19-5-3-2-4-18(16)19/h2-9,12,24H,10-11,13H2,1H3,(H,25,27). The van der Waals surface area contributed by atoms with E-state index in [4.69, 9.17) is 0 Å². The summed E-state index contributed by atoms with van der Waals surface area (Å²) in [6, 6.07) is 14.5. The fourth-order valence-electron chi connectivity index (χ4n) is 3.20. The minimum absolute atomic E-state index is 0.0299. The Hall–Kier alpha value is -2.99. The molecule has 1 amide bonds. The van der Waals surface area contributed by atoms with Crippen molar-refractivity contribution in [3.8, 4) is 0 Å². The molecule has 142 valence electrons. The monoisotopic (exact) mass is 393 g/mol. The number of benzene rings is 2. The molecule has 2 heterocycles. The maximum absolute atomic E-state index is 13.1. The third kappa shape index (κ3) is 4.12. The molecule has 0 bridgehead atoms. The highest BCUT2D eigenvalue weighted by molar-refractivity contribution is 7.11. The first-order valence-corrected chi connectivity index (χ1v) is 9.91. The van der Waals surface area contributed by atoms with E-state index in [0.717, 1.165) is 37.6 Å². The summed E-state index contributed by atoms with van der Waals surface area (Å²) >= 11 is 1.59. The van der Waals surface area contributed by atoms with Crippen LogP contribution in [0.4, 0.5) is 4.39 Å². The number of nitrogens with zero attached hydrogens (tertiary/aromatic N) is 1. The van der Waals surface area contributed by atoms with Crippen LogP contribution in [-0.2, 0) is 24.2 Å². The Balaban J connectivity index is 1.37. The van der Waals surface area contributed by atoms with Gasteiger partial charge in [0.05, 0.1) is 18.7 Å². The Kier molecular flexibility index (Phi) is 5.21. The molecule has 4 aromatic rings. The predicted octanol–water partition coefficient (Wildman–Crippen LogP) is 4.52. The lowest BCUT2D eigenvalue weighted by atomic mass is 10.1. The van der Waals surface area contributed by atoms with E-state index in [1.54, 1.807) is 23.5 Å². The van der Waals surface area contributed by atoms with Gasteiger partial charge < -0.3 is 10.3 Å². The minimum atomic E-state index is -0.233. The van der Waals surface area contributed by atoms with Gasteiger partial charge in [-0.1, -0.05) is 30.3 Å². The third-order valence-electron chi connectivity index (χ3n) is 4.68. The van der Waals surface area contributed by atoms with Gasteiger partial charge in [0.25, 0.3) is 0 Å². The average Bonchev–Trinajstić information content (AvgIpc) is 3.26. The number of carbonyl (C=O) groups is 1. The average molecular weight is 393 g/mol. The van der Waals surface area contributed by atoms with Gasteiger partial charge in [0, 0.05) is 28.4 Å². The number of aromatic amines is 1. The van der Waals surface area contributed by atoms with Gasteiger partial charge in [0.15, 0.2) is 0 Å². The van der Waals surface area contributed by atoms with Gasteiger partial charge in [-0.2, -0.15) is 0 Å². The van der Waals surface area contributed by atoms with Crippen molar-refractivity contribution in [3.63, 3.8) is 0 Å². The molecule has 4 rings (SSSR count). The van der Waals surface area contributed by atoms with Gasteiger partial charge in [0.2, 0.25) is 5.91 Å². The molecule has 0 saturated heterocycles. The molecule has 0 aliphatic heterocycles. The number of hydrogen-bond acceptors (Lipinski definition) is 3. The van der Waals surface area contributed by atoms with Gasteiger partial charge in [-0.15, -0.1) is 11.3 Å². The van der Waals surface area contributed by atoms with Gasteiger partial charge in [-0.3, -0.25) is 4.79 Å². The maximum atomic E-state index is 13.1. The Morgan fingerprint density at radius 2 is 1.96 bits per heavy atom. The number of fused-ring (bicyclic) bond motifs is 1. The number of hydrogen-bond donors (Lipinski definition) is 2. The minimum Gasteiger partial charge on any atom is -0.361 e. The predicted molar refractivity (Wildman–Crippen MR) is 110 cm³/mol. The first kappa shape index (κ1) is 18.4. The molecule has 6 heteroatoms. The van der Waals surface area contributed by atoms with E-state index in [2.05, 4.69) is 15.3 Å². The summed E-state index contributed by atoms with van der Waals surface area (Å²) in [7, 11) is 0. The molecule has 0 saturated carbocycles. The van der Waals surface area contributed by atoms with Crippen LogP contribution in [0.1, 0.15) is 26.7 Å². The van der Waals surface area contributed by atoms with E-state index in [0.29, 0.717) is 19.4 Å². The third-order valence-corrected chi connectivity index (χ3v) is 5.84. The van der Waals surface area contributed by atoms with Crippen molar-refractivity contribution in [2.24, 2.45) is 0 Å². The maximum Gasteiger partial charge on any atom is 0.224 e. The number of thiazole rings is 1. The summed E-state index contributed by atoms with van der Waals surface area (Å²) in [5.74, 6) is -0.263. The molecule has 0 spiro atoms. The first-order valence-electron chi connectivity index (χ1n) is 9.10. The van der Waals surface area contributed by atoms with Crippen molar-refractivity contribution in [1.29, 1.82) is 0 Å². The fourth-order valence-corrected chi connectivity index (χ4v) is 4.25. The van der Waals surface area contributed by atoms with Crippen molar-refractivity contribution in [2.75, 3.05) is 0 Å². The number of H-pyrrole nitrogens is 1. The molecule has 0 fully saturated rings. The molecular formula is C22H20FN3OS. The largest absolute Gasteiger partial charge is 0.361 e. The van der Waals surface area contributed by atoms with Crippen molar-refractivity contribution in [3.05, 3.63) is 87.3 Å². The Bertz CT molecular complexity index is 1110. The first-order chi connectivity index (χ1) is 13.6. The normalized spacial score (nSPS) is 11.1. The molecular weight excluding hydrogens is 373 g/mol. The molecule has 0 atom stereocenters. The SMILES string of the molecule is Cc1nc(CNC(=O)Cc2c[nH]c3ccccc23)sc1Cc1ccc(F)cc1. The van der Waals surface area contributed by atoms with Crippen LogP contribution in [-0.4, -0.2) is 15.9 Å². The fraction of sp³-hybridized carbons (Fsp3) is 0.182. The van der Waals surface area contributed by atoms with Crippen LogP contribution in [0.25, 0.3) is 10.9 Å². The van der Waals surface area contributed by atoms with Gasteiger partial charge >= 0.3 is 0 Å². The highest BCUT2D eigenvalue weighted by Crippen LogP contribution is 2.22. The lowest BCUT2D eigenvalue weighted by Crippen LogP contribution is -2.24. The summed E-state index contributed by atoms with van der Waals surface area (Å²) in [4.78, 5) is 21.2. The van der Waals surface area contributed by atoms with Crippen LogP contribution < -0.4 is 5.32 Å². The van der Waals surface area contributed by atoms with E-state index in [1.165, 1.54) is 12.1 Å². The van der Waals surface area contributed by atoms with E-state index in [-0.39, 0.29) is 11.7 Å². The lowest BCUT2D eigenvalue weighted by molar-refractivity contribution is -0.120. The molecule has 0 aliphatic rings. The van der Waals surface area contributed by atoms with Gasteiger partial charge in [-0.25, -0.2) is 9.37 Å². The van der Waals surface area contributed by atoms with E-state index in [9.17, 15) is 9.18 Å². The van der Waals surface area contributed by atoms with Crippen molar-refractivity contribution in [1.82, 2.24) is 15.3 Å². The number of carbonyl (C=O) groups excluding carboxylic acids is 1.